The number of nitrogens with two attached hydrogens (primary N) is 1. The molecule has 2 saturated carbocycles. The molecule has 3 N–H and O–H groups in total. The van der Waals surface area contributed by atoms with E-state index in [-0.39, 0.29) is 26.7 Å². The van der Waals surface area contributed by atoms with Gasteiger partial charge < -0.3 is 15.8 Å². The van der Waals surface area contributed by atoms with Crippen LogP contribution in [0.1, 0.15) is 101 Å². The van der Waals surface area contributed by atoms with Gasteiger partial charge in [0.1, 0.15) is 5.78 Å². The predicted octanol–water partition coefficient (Wildman–Crippen LogP) is 4.39. The monoisotopic (exact) mass is 414 g/mol. The Hall–Kier alpha value is -1.43. The highest BCUT2D eigenvalue weighted by Gasteiger charge is 2.23. The molecule has 2 amide bonds. The van der Waals surface area contributed by atoms with Crippen LogP contribution in [0.3, 0.4) is 0 Å². The number of nitrogens with one attached hydrogen (secondary N) is 1. The molecular weight excluding hydrogens is 368 g/mol. The van der Waals surface area contributed by atoms with Gasteiger partial charge in [-0.3, -0.25) is 14.4 Å². The molecule has 0 aromatic heterocycles. The molecule has 0 saturated heterocycles. The van der Waals surface area contributed by atoms with E-state index in [1.165, 1.54) is 19.3 Å². The third-order valence-corrected chi connectivity index (χ3v) is 5.88. The Labute approximate surface area is 179 Å². The van der Waals surface area contributed by atoms with Crippen molar-refractivity contribution >= 4 is 17.6 Å². The Morgan fingerprint density at radius 1 is 1.03 bits per heavy atom. The van der Waals surface area contributed by atoms with Crippen molar-refractivity contribution in [3.05, 3.63) is 0 Å². The fourth-order valence-corrected chi connectivity index (χ4v) is 3.95. The lowest BCUT2D eigenvalue weighted by Crippen LogP contribution is -2.40. The van der Waals surface area contributed by atoms with Crippen LogP contribution < -0.4 is 11.1 Å². The Morgan fingerprint density at radius 3 is 2.17 bits per heavy atom. The number of hydrogen-bond acceptors (Lipinski definition) is 4. The van der Waals surface area contributed by atoms with Gasteiger partial charge in [0.05, 0.1) is 6.10 Å². The van der Waals surface area contributed by atoms with Crippen molar-refractivity contribution < 1.29 is 22.0 Å². The fourth-order valence-electron chi connectivity index (χ4n) is 3.95. The third-order valence-electron chi connectivity index (χ3n) is 5.88. The molecule has 2 aliphatic carbocycles. The summed E-state index contributed by atoms with van der Waals surface area (Å²) in [5, 5.41) is 3.07. The molecule has 0 aromatic carbocycles. The number of amides is 2. The Morgan fingerprint density at radius 2 is 1.66 bits per heavy atom. The van der Waals surface area contributed by atoms with E-state index in [4.69, 9.17) is 10.5 Å². The maximum Gasteiger partial charge on any atom is 0.222 e. The molecule has 0 atom stereocenters. The van der Waals surface area contributed by atoms with E-state index in [0.29, 0.717) is 37.2 Å². The Bertz CT molecular complexity index is 504. The molecule has 0 spiro atoms. The minimum Gasteiger partial charge on any atom is -0.378 e. The van der Waals surface area contributed by atoms with E-state index >= 15 is 0 Å². The first-order valence-electron chi connectivity index (χ1n) is 11.6. The highest BCUT2D eigenvalue weighted by molar-refractivity contribution is 5.80. The van der Waals surface area contributed by atoms with Gasteiger partial charge in [0.25, 0.3) is 0 Å². The smallest absolute Gasteiger partial charge is 0.222 e. The molecule has 2 rings (SSSR count). The van der Waals surface area contributed by atoms with Crippen molar-refractivity contribution in [2.75, 3.05) is 6.61 Å². The van der Waals surface area contributed by atoms with E-state index in [1.807, 2.05) is 20.8 Å². The largest absolute Gasteiger partial charge is 0.378 e. The molecule has 6 heteroatoms. The summed E-state index contributed by atoms with van der Waals surface area (Å²) in [6.45, 7) is 6.37. The quantitative estimate of drug-likeness (QED) is 0.547. The number of carbonyl (C=O) groups excluding carboxylic acids is 3. The second kappa shape index (κ2) is 14.5. The molecule has 6 nitrogen and oxygen atoms in total. The number of primary amides is 1. The van der Waals surface area contributed by atoms with Crippen LogP contribution >= 0.6 is 0 Å². The number of rotatable bonds is 9. The average molecular weight is 415 g/mol. The molecule has 0 aromatic rings. The van der Waals surface area contributed by atoms with Gasteiger partial charge in [-0.1, -0.05) is 40.0 Å². The minimum absolute atomic E-state index is 0. The van der Waals surface area contributed by atoms with Gasteiger partial charge >= 0.3 is 0 Å². The second-order valence-electron chi connectivity index (χ2n) is 8.73. The SMILES string of the molecule is CC(C)C(=O)NC1CCC(OCCCC(N)=O)CC1.CCC(=O)C1CCCCC1.[HH].[HH]. The summed E-state index contributed by atoms with van der Waals surface area (Å²) >= 11 is 0. The van der Waals surface area contributed by atoms with Gasteiger partial charge in [-0.15, -0.1) is 0 Å². The van der Waals surface area contributed by atoms with E-state index in [1.54, 1.807) is 0 Å². The maximum absolute atomic E-state index is 11.6. The normalized spacial score (nSPS) is 22.5. The third kappa shape index (κ3) is 11.4. The molecule has 0 unspecified atom stereocenters. The van der Waals surface area contributed by atoms with E-state index in [0.717, 1.165) is 44.9 Å². The molecule has 0 bridgehead atoms. The standard InChI is InChI=1S/C14H26N2O3.C9H16O.2H2/c1-10(2)14(18)16-11-5-7-12(8-6-11)19-9-3-4-13(15)17;1-2-9(10)8-6-4-3-5-7-8;;/h10-12H,3-9H2,1-2H3,(H2,15,17)(H,16,18);8H,2-7H2,1H3;2*1H. The summed E-state index contributed by atoms with van der Waals surface area (Å²) < 4.78 is 5.71. The number of ether oxygens (including phenoxy) is 1. The molecule has 29 heavy (non-hydrogen) atoms. The van der Waals surface area contributed by atoms with Crippen LogP contribution in [0.4, 0.5) is 0 Å². The highest BCUT2D eigenvalue weighted by Crippen LogP contribution is 2.25. The first-order valence-corrected chi connectivity index (χ1v) is 11.6. The zero-order valence-corrected chi connectivity index (χ0v) is 18.7. The molecule has 172 valence electrons. The van der Waals surface area contributed by atoms with Gasteiger partial charge in [0, 0.05) is 40.2 Å². The van der Waals surface area contributed by atoms with Crippen molar-refractivity contribution in [1.82, 2.24) is 5.32 Å². The van der Waals surface area contributed by atoms with Crippen LogP contribution in [0.25, 0.3) is 0 Å². The first kappa shape index (κ1) is 25.6. The van der Waals surface area contributed by atoms with Gasteiger partial charge in [0.2, 0.25) is 11.8 Å². The first-order chi connectivity index (χ1) is 13.8. The maximum atomic E-state index is 11.6. The van der Waals surface area contributed by atoms with Crippen molar-refractivity contribution in [1.29, 1.82) is 0 Å². The molecule has 2 fully saturated rings. The molecule has 2 aliphatic rings. The van der Waals surface area contributed by atoms with Crippen LogP contribution in [0, 0.1) is 11.8 Å². The predicted molar refractivity (Wildman–Crippen MR) is 120 cm³/mol. The summed E-state index contributed by atoms with van der Waals surface area (Å²) in [7, 11) is 0. The number of hydrogen-bond donors (Lipinski definition) is 2. The lowest BCUT2D eigenvalue weighted by Gasteiger charge is -2.29. The van der Waals surface area contributed by atoms with Crippen LogP contribution in [-0.4, -0.2) is 36.4 Å². The Kier molecular flexibility index (Phi) is 12.8. The van der Waals surface area contributed by atoms with Gasteiger partial charge in [-0.2, -0.15) is 0 Å². The van der Waals surface area contributed by atoms with Gasteiger partial charge in [-0.05, 0) is 44.9 Å². The van der Waals surface area contributed by atoms with Crippen LogP contribution in [0.2, 0.25) is 0 Å². The lowest BCUT2D eigenvalue weighted by molar-refractivity contribution is -0.125. The van der Waals surface area contributed by atoms with Crippen LogP contribution in [0.15, 0.2) is 0 Å². The highest BCUT2D eigenvalue weighted by atomic mass is 16.5. The Balaban J connectivity index is 0. The van der Waals surface area contributed by atoms with Gasteiger partial charge in [-0.25, -0.2) is 0 Å². The fraction of sp³-hybridized carbons (Fsp3) is 0.870. The van der Waals surface area contributed by atoms with E-state index < -0.39 is 0 Å². The zero-order valence-electron chi connectivity index (χ0n) is 18.7. The summed E-state index contributed by atoms with van der Waals surface area (Å²) in [4.78, 5) is 33.3. The summed E-state index contributed by atoms with van der Waals surface area (Å²) in [5.74, 6) is 0.816. The van der Waals surface area contributed by atoms with Crippen LogP contribution in [-0.2, 0) is 19.1 Å². The topological polar surface area (TPSA) is 98.5 Å². The average Bonchev–Trinajstić information content (AvgIpc) is 2.72. The summed E-state index contributed by atoms with van der Waals surface area (Å²) in [6.07, 6.45) is 12.2. The number of Topliss-reactive ketones (excluding diaryl/α,β-unsaturated/α-hetero) is 1. The second-order valence-corrected chi connectivity index (χ2v) is 8.73. The van der Waals surface area contributed by atoms with Gasteiger partial charge in [0.15, 0.2) is 0 Å². The summed E-state index contributed by atoms with van der Waals surface area (Å²) in [5.41, 5.74) is 5.07. The molecule has 0 heterocycles. The zero-order chi connectivity index (χ0) is 21.6. The van der Waals surface area contributed by atoms with E-state index in [2.05, 4.69) is 5.32 Å². The number of ketones is 1. The molecular formula is C23H46N2O4. The molecule has 0 aliphatic heterocycles. The van der Waals surface area contributed by atoms with Crippen molar-refractivity contribution in [3.8, 4) is 0 Å². The van der Waals surface area contributed by atoms with Crippen molar-refractivity contribution in [3.63, 3.8) is 0 Å². The minimum atomic E-state index is -0.274. The van der Waals surface area contributed by atoms with E-state index in [9.17, 15) is 14.4 Å². The van der Waals surface area contributed by atoms with Crippen LogP contribution in [0.5, 0.6) is 0 Å². The number of carbonyl (C=O) groups is 3. The summed E-state index contributed by atoms with van der Waals surface area (Å²) in [6, 6.07) is 0.292. The van der Waals surface area contributed by atoms with Crippen molar-refractivity contribution in [2.45, 2.75) is 110 Å². The van der Waals surface area contributed by atoms with Crippen molar-refractivity contribution in [2.24, 2.45) is 17.6 Å². The molecule has 0 radical (unpaired) electrons. The lowest BCUT2D eigenvalue weighted by atomic mass is 9.85.